The quantitative estimate of drug-likeness (QED) is 0.406. The molecule has 2 aliphatic heterocycles. The zero-order valence-electron chi connectivity index (χ0n) is 18.8. The van der Waals surface area contributed by atoms with Gasteiger partial charge in [0.25, 0.3) is 5.91 Å². The number of aromatic nitrogens is 3. The molecule has 1 aromatic carbocycles. The first kappa shape index (κ1) is 21.5. The van der Waals surface area contributed by atoms with Crippen LogP contribution < -0.4 is 20.9 Å². The van der Waals surface area contributed by atoms with Crippen molar-refractivity contribution in [2.24, 2.45) is 0 Å². The van der Waals surface area contributed by atoms with Gasteiger partial charge in [-0.15, -0.1) is 0 Å². The van der Waals surface area contributed by atoms with Crippen LogP contribution in [0, 0.1) is 0 Å². The van der Waals surface area contributed by atoms with E-state index in [-0.39, 0.29) is 11.6 Å². The van der Waals surface area contributed by atoms with Gasteiger partial charge in [-0.3, -0.25) is 9.36 Å². The standard InChI is InChI=1S/C25H23F2N7O/c26-25(27)34-10-6-18-17(5-7-29-23(18)34)16-2-3-20(22-19(16)14-31-24(22)35)32-21-4-1-15(13-30-21)33-11-8-28-9-12-33/h1-7,10,13,25,28H,8-9,11-12,14H2,(H,30,32)(H,31,35). The van der Waals surface area contributed by atoms with Crippen LogP contribution in [0.3, 0.4) is 0 Å². The summed E-state index contributed by atoms with van der Waals surface area (Å²) < 4.78 is 27.6. The molecule has 8 nitrogen and oxygen atoms in total. The SMILES string of the molecule is O=C1NCc2c(-c3ccnc4c3ccn4C(F)F)ccc(Nc3ccc(N4CCNCC4)cn3)c21. The third kappa shape index (κ3) is 3.75. The predicted molar refractivity (Wildman–Crippen MR) is 130 cm³/mol. The van der Waals surface area contributed by atoms with Crippen molar-refractivity contribution in [1.29, 1.82) is 0 Å². The third-order valence-electron chi connectivity index (χ3n) is 6.57. The minimum atomic E-state index is -2.68. The summed E-state index contributed by atoms with van der Waals surface area (Å²) in [7, 11) is 0. The van der Waals surface area contributed by atoms with Gasteiger partial charge in [0.05, 0.1) is 23.1 Å². The van der Waals surface area contributed by atoms with Crippen molar-refractivity contribution in [1.82, 2.24) is 25.2 Å². The van der Waals surface area contributed by atoms with Gasteiger partial charge in [0.2, 0.25) is 0 Å². The molecule has 3 aromatic heterocycles. The second-order valence-corrected chi connectivity index (χ2v) is 8.56. The van der Waals surface area contributed by atoms with Gasteiger partial charge in [-0.05, 0) is 47.0 Å². The van der Waals surface area contributed by atoms with E-state index in [1.165, 1.54) is 12.4 Å². The first-order valence-electron chi connectivity index (χ1n) is 11.5. The first-order chi connectivity index (χ1) is 17.1. The Balaban J connectivity index is 1.35. The average molecular weight is 476 g/mol. The molecule has 1 saturated heterocycles. The molecule has 4 aromatic rings. The van der Waals surface area contributed by atoms with Crippen molar-refractivity contribution in [2.45, 2.75) is 13.1 Å². The topological polar surface area (TPSA) is 87.1 Å². The second-order valence-electron chi connectivity index (χ2n) is 8.56. The van der Waals surface area contributed by atoms with E-state index < -0.39 is 6.55 Å². The zero-order valence-corrected chi connectivity index (χ0v) is 18.8. The Hall–Kier alpha value is -4.05. The van der Waals surface area contributed by atoms with Crippen molar-refractivity contribution in [3.05, 3.63) is 66.1 Å². The van der Waals surface area contributed by atoms with E-state index in [0.29, 0.717) is 29.0 Å². The number of carbonyl (C=O) groups is 1. The average Bonchev–Trinajstić information content (AvgIpc) is 3.50. The molecule has 0 radical (unpaired) electrons. The number of rotatable bonds is 5. The fourth-order valence-corrected chi connectivity index (χ4v) is 4.86. The summed E-state index contributed by atoms with van der Waals surface area (Å²) in [5.41, 5.74) is 4.84. The van der Waals surface area contributed by atoms with Crippen LogP contribution in [-0.4, -0.2) is 46.6 Å². The molecule has 2 aliphatic rings. The van der Waals surface area contributed by atoms with Crippen LogP contribution in [0.25, 0.3) is 22.2 Å². The molecular formula is C25H23F2N7O. The summed E-state index contributed by atoms with van der Waals surface area (Å²) in [6.07, 6.45) is 4.69. The number of nitrogens with zero attached hydrogens (tertiary/aromatic N) is 4. The Morgan fingerprint density at radius 2 is 1.86 bits per heavy atom. The Morgan fingerprint density at radius 3 is 2.63 bits per heavy atom. The number of nitrogens with one attached hydrogen (secondary N) is 3. The molecule has 0 saturated carbocycles. The number of anilines is 3. The summed E-state index contributed by atoms with van der Waals surface area (Å²) in [4.78, 5) is 23.8. The van der Waals surface area contributed by atoms with E-state index in [9.17, 15) is 13.6 Å². The number of benzene rings is 1. The van der Waals surface area contributed by atoms with Crippen molar-refractivity contribution in [3.63, 3.8) is 0 Å². The van der Waals surface area contributed by atoms with Gasteiger partial charge >= 0.3 is 6.55 Å². The number of halogens is 2. The summed E-state index contributed by atoms with van der Waals surface area (Å²) in [5, 5.41) is 10.1. The monoisotopic (exact) mass is 475 g/mol. The maximum atomic E-state index is 13.4. The van der Waals surface area contributed by atoms with E-state index in [0.717, 1.165) is 53.1 Å². The molecule has 0 bridgehead atoms. The molecule has 0 aliphatic carbocycles. The molecule has 3 N–H and O–H groups in total. The minimum absolute atomic E-state index is 0.183. The largest absolute Gasteiger partial charge is 0.368 e. The van der Waals surface area contributed by atoms with Crippen LogP contribution in [0.2, 0.25) is 0 Å². The van der Waals surface area contributed by atoms with Crippen molar-refractivity contribution < 1.29 is 13.6 Å². The highest BCUT2D eigenvalue weighted by molar-refractivity contribution is 6.07. The Labute approximate surface area is 200 Å². The summed E-state index contributed by atoms with van der Waals surface area (Å²) in [6.45, 7) is 1.45. The number of hydrogen-bond acceptors (Lipinski definition) is 6. The molecule has 6 rings (SSSR count). The molecule has 35 heavy (non-hydrogen) atoms. The lowest BCUT2D eigenvalue weighted by Gasteiger charge is -2.29. The number of amides is 1. The van der Waals surface area contributed by atoms with E-state index in [4.69, 9.17) is 0 Å². The number of fused-ring (bicyclic) bond motifs is 2. The van der Waals surface area contributed by atoms with E-state index >= 15 is 0 Å². The van der Waals surface area contributed by atoms with Crippen molar-refractivity contribution >= 4 is 34.1 Å². The smallest absolute Gasteiger partial charge is 0.320 e. The van der Waals surface area contributed by atoms with Gasteiger partial charge in [0.15, 0.2) is 0 Å². The van der Waals surface area contributed by atoms with E-state index in [2.05, 4.69) is 30.8 Å². The Kier molecular flexibility index (Phi) is 5.29. The number of pyridine rings is 2. The van der Waals surface area contributed by atoms with Gasteiger partial charge in [-0.1, -0.05) is 6.07 Å². The van der Waals surface area contributed by atoms with Crippen LogP contribution in [-0.2, 0) is 6.54 Å². The maximum Gasteiger partial charge on any atom is 0.320 e. The number of piperazine rings is 1. The van der Waals surface area contributed by atoms with Crippen LogP contribution in [0.4, 0.5) is 26.0 Å². The van der Waals surface area contributed by atoms with Gasteiger partial charge < -0.3 is 20.9 Å². The lowest BCUT2D eigenvalue weighted by molar-refractivity contribution is 0.0746. The lowest BCUT2D eigenvalue weighted by atomic mass is 9.94. The third-order valence-corrected chi connectivity index (χ3v) is 6.57. The highest BCUT2D eigenvalue weighted by atomic mass is 19.3. The molecule has 1 amide bonds. The Morgan fingerprint density at radius 1 is 1.00 bits per heavy atom. The maximum absolute atomic E-state index is 13.4. The van der Waals surface area contributed by atoms with Crippen molar-refractivity contribution in [2.75, 3.05) is 36.4 Å². The van der Waals surface area contributed by atoms with Crippen LogP contribution in [0.5, 0.6) is 0 Å². The van der Waals surface area contributed by atoms with Gasteiger partial charge in [0, 0.05) is 50.5 Å². The molecule has 0 atom stereocenters. The Bertz CT molecular complexity index is 1410. The first-order valence-corrected chi connectivity index (χ1v) is 11.5. The zero-order chi connectivity index (χ0) is 23.9. The van der Waals surface area contributed by atoms with Crippen LogP contribution >= 0.6 is 0 Å². The van der Waals surface area contributed by atoms with Crippen molar-refractivity contribution in [3.8, 4) is 11.1 Å². The van der Waals surface area contributed by atoms with E-state index in [1.54, 1.807) is 12.1 Å². The molecule has 0 unspecified atom stereocenters. The van der Waals surface area contributed by atoms with Gasteiger partial charge in [0.1, 0.15) is 11.5 Å². The highest BCUT2D eigenvalue weighted by Gasteiger charge is 2.27. The van der Waals surface area contributed by atoms with Gasteiger partial charge in [-0.2, -0.15) is 8.78 Å². The van der Waals surface area contributed by atoms with Crippen LogP contribution in [0.1, 0.15) is 22.5 Å². The molecule has 1 fully saturated rings. The molecule has 5 heterocycles. The van der Waals surface area contributed by atoms with Gasteiger partial charge in [-0.25, -0.2) is 9.97 Å². The summed E-state index contributed by atoms with van der Waals surface area (Å²) in [5.74, 6) is 0.455. The molecular weight excluding hydrogens is 452 g/mol. The fourth-order valence-electron chi connectivity index (χ4n) is 4.86. The fraction of sp³-hybridized carbons (Fsp3) is 0.240. The molecule has 10 heteroatoms. The second kappa shape index (κ2) is 8.62. The number of carbonyl (C=O) groups excluding carboxylic acids is 1. The molecule has 0 spiro atoms. The molecule has 178 valence electrons. The summed E-state index contributed by atoms with van der Waals surface area (Å²) in [6, 6.07) is 11.1. The number of hydrogen-bond donors (Lipinski definition) is 3. The van der Waals surface area contributed by atoms with E-state index in [1.807, 2.05) is 30.5 Å². The summed E-state index contributed by atoms with van der Waals surface area (Å²) >= 11 is 0. The minimum Gasteiger partial charge on any atom is -0.368 e. The number of alkyl halides is 2. The lowest BCUT2D eigenvalue weighted by Crippen LogP contribution is -2.43. The normalized spacial score (nSPS) is 15.5. The van der Waals surface area contributed by atoms with Crippen LogP contribution in [0.15, 0.2) is 55.0 Å². The predicted octanol–water partition coefficient (Wildman–Crippen LogP) is 3.89. The highest BCUT2D eigenvalue weighted by Crippen LogP contribution is 2.38.